The Morgan fingerprint density at radius 3 is 2.00 bits per heavy atom. The third-order valence-electron chi connectivity index (χ3n) is 4.29. The lowest BCUT2D eigenvalue weighted by Gasteiger charge is -2.17. The number of anilines is 1. The number of nitrogens with two attached hydrogens (primary N) is 1. The molecule has 0 amide bonds. The van der Waals surface area contributed by atoms with E-state index in [0.29, 0.717) is 0 Å². The highest BCUT2D eigenvalue weighted by Crippen LogP contribution is 2.39. The van der Waals surface area contributed by atoms with Crippen LogP contribution in [0.2, 0.25) is 0 Å². The zero-order valence-electron chi connectivity index (χ0n) is 13.9. The number of nitrogen functional groups attached to an aromatic ring is 1. The van der Waals surface area contributed by atoms with E-state index < -0.39 is 0 Å². The van der Waals surface area contributed by atoms with Crippen LogP contribution in [-0.2, 0) is 0 Å². The molecule has 122 valence electrons. The lowest BCUT2D eigenvalue weighted by atomic mass is 9.84. The number of hydrogen-bond donors (Lipinski definition) is 1. The van der Waals surface area contributed by atoms with Gasteiger partial charge in [-0.2, -0.15) is 5.26 Å². The van der Waals surface area contributed by atoms with Crippen LogP contribution >= 0.6 is 0 Å². The van der Waals surface area contributed by atoms with E-state index in [9.17, 15) is 5.26 Å². The third-order valence-corrected chi connectivity index (χ3v) is 4.29. The Morgan fingerprint density at radius 1 is 0.800 bits per heavy atom. The largest absolute Gasteiger partial charge is 0.399 e. The Bertz CT molecular complexity index is 877. The number of nitrogens with zero attached hydrogens (tertiary/aromatic N) is 1. The summed E-state index contributed by atoms with van der Waals surface area (Å²) in [5, 5.41) is 9.48. The first-order valence-electron chi connectivity index (χ1n) is 8.32. The first kappa shape index (κ1) is 16.5. The first-order chi connectivity index (χ1) is 12.3. The van der Waals surface area contributed by atoms with E-state index in [1.54, 1.807) is 0 Å². The fourth-order valence-corrected chi connectivity index (χ4v) is 3.04. The second-order valence-corrected chi connectivity index (χ2v) is 5.94. The van der Waals surface area contributed by atoms with E-state index in [4.69, 9.17) is 5.73 Å². The van der Waals surface area contributed by atoms with Crippen LogP contribution in [0.1, 0.15) is 28.5 Å². The van der Waals surface area contributed by atoms with E-state index in [-0.39, 0.29) is 11.8 Å². The Balaban J connectivity index is 0.000000219. The minimum atomic E-state index is -0.105. The molecule has 0 spiro atoms. The van der Waals surface area contributed by atoms with Crippen LogP contribution in [0.15, 0.2) is 91.0 Å². The summed E-state index contributed by atoms with van der Waals surface area (Å²) in [7, 11) is 0. The van der Waals surface area contributed by atoms with Crippen molar-refractivity contribution in [3.63, 3.8) is 0 Å². The number of benzene rings is 3. The third kappa shape index (κ3) is 3.97. The molecule has 2 atom stereocenters. The molecule has 0 aromatic heterocycles. The van der Waals surface area contributed by atoms with Gasteiger partial charge < -0.3 is 5.73 Å². The maximum Gasteiger partial charge on any atom is 0.0816 e. The SMILES string of the molecule is N#CC(c1ccccc1)C1C=Cc2ccccc21.Nc1ccccc1. The van der Waals surface area contributed by atoms with Crippen molar-refractivity contribution < 1.29 is 0 Å². The molecule has 0 radical (unpaired) electrons. The topological polar surface area (TPSA) is 49.8 Å². The molecule has 2 nitrogen and oxygen atoms in total. The van der Waals surface area contributed by atoms with Gasteiger partial charge in [0.1, 0.15) is 0 Å². The monoisotopic (exact) mass is 324 g/mol. The molecule has 1 aliphatic carbocycles. The predicted molar refractivity (Wildman–Crippen MR) is 104 cm³/mol. The summed E-state index contributed by atoms with van der Waals surface area (Å²) >= 11 is 0. The van der Waals surface area contributed by atoms with Gasteiger partial charge >= 0.3 is 0 Å². The smallest absolute Gasteiger partial charge is 0.0816 e. The van der Waals surface area contributed by atoms with Crippen LogP contribution in [0, 0.1) is 11.3 Å². The standard InChI is InChI=1S/C17H13N.C6H7N/c18-12-17(13-6-2-1-3-7-13)16-11-10-14-8-4-5-9-15(14)16;7-6-4-2-1-3-5-6/h1-11,16-17H;1-5H,7H2. The van der Waals surface area contributed by atoms with Crippen LogP contribution in [0.4, 0.5) is 5.69 Å². The van der Waals surface area contributed by atoms with Crippen molar-refractivity contribution >= 4 is 11.8 Å². The zero-order chi connectivity index (χ0) is 17.5. The first-order valence-corrected chi connectivity index (χ1v) is 8.32. The summed E-state index contributed by atoms with van der Waals surface area (Å²) in [4.78, 5) is 0. The molecule has 0 saturated heterocycles. The molecule has 2 N–H and O–H groups in total. The Morgan fingerprint density at radius 2 is 1.40 bits per heavy atom. The molecule has 2 heteroatoms. The van der Waals surface area contributed by atoms with Crippen LogP contribution < -0.4 is 5.73 Å². The number of para-hydroxylation sites is 1. The van der Waals surface area contributed by atoms with Crippen molar-refractivity contribution in [1.82, 2.24) is 0 Å². The average Bonchev–Trinajstić information content (AvgIpc) is 3.09. The quantitative estimate of drug-likeness (QED) is 0.644. The number of nitriles is 1. The maximum absolute atomic E-state index is 9.48. The molecular weight excluding hydrogens is 304 g/mol. The minimum absolute atomic E-state index is 0.105. The summed E-state index contributed by atoms with van der Waals surface area (Å²) in [5.74, 6) is 0.0692. The van der Waals surface area contributed by atoms with Gasteiger partial charge in [-0.25, -0.2) is 0 Å². The van der Waals surface area contributed by atoms with Gasteiger partial charge in [0.2, 0.25) is 0 Å². The van der Waals surface area contributed by atoms with E-state index in [1.807, 2.05) is 72.8 Å². The molecule has 3 aromatic rings. The van der Waals surface area contributed by atoms with Crippen LogP contribution in [0.3, 0.4) is 0 Å². The van der Waals surface area contributed by atoms with Crippen LogP contribution in [0.25, 0.3) is 6.08 Å². The number of rotatable bonds is 2. The van der Waals surface area contributed by atoms with Gasteiger partial charge in [0.05, 0.1) is 12.0 Å². The van der Waals surface area contributed by atoms with Crippen LogP contribution in [-0.4, -0.2) is 0 Å². The summed E-state index contributed by atoms with van der Waals surface area (Å²) in [6.07, 6.45) is 4.26. The number of hydrogen-bond acceptors (Lipinski definition) is 2. The summed E-state index contributed by atoms with van der Waals surface area (Å²) in [5.41, 5.74) is 9.76. The molecule has 0 aliphatic heterocycles. The van der Waals surface area contributed by atoms with Gasteiger partial charge in [-0.15, -0.1) is 0 Å². The second kappa shape index (κ2) is 7.99. The molecule has 0 saturated carbocycles. The molecule has 2 unspecified atom stereocenters. The fraction of sp³-hybridized carbons (Fsp3) is 0.0870. The lowest BCUT2D eigenvalue weighted by molar-refractivity contribution is 0.760. The summed E-state index contributed by atoms with van der Waals surface area (Å²) in [6.45, 7) is 0. The normalized spacial score (nSPS) is 15.4. The maximum atomic E-state index is 9.48. The molecule has 1 aliphatic rings. The Kier molecular flexibility index (Phi) is 5.29. The molecular formula is C23H20N2. The van der Waals surface area contributed by atoms with Gasteiger partial charge in [-0.05, 0) is 28.8 Å². The van der Waals surface area contributed by atoms with E-state index in [2.05, 4.69) is 30.4 Å². The van der Waals surface area contributed by atoms with Gasteiger partial charge in [-0.1, -0.05) is 84.9 Å². The number of fused-ring (bicyclic) bond motifs is 1. The van der Waals surface area contributed by atoms with Crippen molar-refractivity contribution in [2.75, 3.05) is 5.73 Å². The highest BCUT2D eigenvalue weighted by atomic mass is 14.5. The van der Waals surface area contributed by atoms with Gasteiger partial charge in [0.25, 0.3) is 0 Å². The zero-order valence-corrected chi connectivity index (χ0v) is 13.9. The molecule has 0 bridgehead atoms. The van der Waals surface area contributed by atoms with Crippen LogP contribution in [0.5, 0.6) is 0 Å². The molecule has 25 heavy (non-hydrogen) atoms. The van der Waals surface area contributed by atoms with E-state index in [0.717, 1.165) is 11.3 Å². The fourth-order valence-electron chi connectivity index (χ4n) is 3.04. The average molecular weight is 324 g/mol. The van der Waals surface area contributed by atoms with E-state index >= 15 is 0 Å². The van der Waals surface area contributed by atoms with Crippen molar-refractivity contribution in [1.29, 1.82) is 5.26 Å². The van der Waals surface area contributed by atoms with Crippen molar-refractivity contribution in [3.05, 3.63) is 108 Å². The van der Waals surface area contributed by atoms with Crippen molar-refractivity contribution in [2.24, 2.45) is 0 Å². The van der Waals surface area contributed by atoms with Gasteiger partial charge in [0, 0.05) is 11.6 Å². The van der Waals surface area contributed by atoms with Gasteiger partial charge in [-0.3, -0.25) is 0 Å². The summed E-state index contributed by atoms with van der Waals surface area (Å²) in [6, 6.07) is 30.3. The molecule has 0 fully saturated rings. The van der Waals surface area contributed by atoms with Crippen molar-refractivity contribution in [3.8, 4) is 6.07 Å². The Hall–Kier alpha value is -3.31. The highest BCUT2D eigenvalue weighted by Gasteiger charge is 2.26. The molecule has 3 aromatic carbocycles. The molecule has 0 heterocycles. The number of allylic oxidation sites excluding steroid dienone is 1. The highest BCUT2D eigenvalue weighted by molar-refractivity contribution is 5.63. The van der Waals surface area contributed by atoms with Crippen molar-refractivity contribution in [2.45, 2.75) is 11.8 Å². The predicted octanol–water partition coefficient (Wildman–Crippen LogP) is 5.37. The summed E-state index contributed by atoms with van der Waals surface area (Å²) < 4.78 is 0. The second-order valence-electron chi connectivity index (χ2n) is 5.94. The lowest BCUT2D eigenvalue weighted by Crippen LogP contribution is -2.06. The molecule has 4 rings (SSSR count). The van der Waals surface area contributed by atoms with Gasteiger partial charge in [0.15, 0.2) is 0 Å². The minimum Gasteiger partial charge on any atom is -0.399 e. The Labute approximate surface area is 148 Å². The van der Waals surface area contributed by atoms with E-state index in [1.165, 1.54) is 11.1 Å².